The normalized spacial score (nSPS) is 26.8. The van der Waals surface area contributed by atoms with Gasteiger partial charge in [0.05, 0.1) is 23.3 Å². The fourth-order valence-corrected chi connectivity index (χ4v) is 8.98. The van der Waals surface area contributed by atoms with E-state index in [1.54, 1.807) is 6.07 Å². The molecule has 9 rings (SSSR count). The second kappa shape index (κ2) is 11.0. The number of amides is 1. The van der Waals surface area contributed by atoms with E-state index in [0.717, 1.165) is 59.2 Å². The van der Waals surface area contributed by atoms with Gasteiger partial charge in [-0.1, -0.05) is 36.4 Å². The van der Waals surface area contributed by atoms with Crippen molar-refractivity contribution < 1.29 is 24.5 Å². The third kappa shape index (κ3) is 4.44. The minimum atomic E-state index is -1.08. The van der Waals surface area contributed by atoms with Gasteiger partial charge in [-0.3, -0.25) is 15.2 Å². The molecule has 3 heterocycles. The third-order valence-corrected chi connectivity index (χ3v) is 11.3. The highest BCUT2D eigenvalue weighted by atomic mass is 16.5. The van der Waals surface area contributed by atoms with Crippen molar-refractivity contribution in [2.45, 2.75) is 61.9 Å². The molecule has 11 heteroatoms. The van der Waals surface area contributed by atoms with Crippen LogP contribution in [0.3, 0.4) is 0 Å². The number of nitrogens with zero attached hydrogens (tertiary/aromatic N) is 2. The number of guanidine groups is 1. The number of aliphatic hydroxyl groups is 1. The van der Waals surface area contributed by atoms with Crippen molar-refractivity contribution in [1.82, 2.24) is 15.2 Å². The Kier molecular flexibility index (Phi) is 6.76. The second-order valence-electron chi connectivity index (χ2n) is 14.0. The first kappa shape index (κ1) is 29.6. The summed E-state index contributed by atoms with van der Waals surface area (Å²) in [5.41, 5.74) is 10.7. The summed E-state index contributed by atoms with van der Waals surface area (Å²) < 4.78 is 12.2. The molecule has 248 valence electrons. The Morgan fingerprint density at radius 3 is 2.83 bits per heavy atom. The zero-order valence-electron chi connectivity index (χ0n) is 26.7. The molecule has 2 aliphatic heterocycles. The number of likely N-dealkylation sites (tertiary alicyclic amines) is 1. The number of hydrogen-bond acceptors (Lipinski definition) is 8. The molecule has 2 fully saturated rings. The summed E-state index contributed by atoms with van der Waals surface area (Å²) in [6, 6.07) is 19.1. The molecule has 4 aromatic rings. The first-order valence-corrected chi connectivity index (χ1v) is 17.0. The smallest absolute Gasteiger partial charge is 0.414 e. The summed E-state index contributed by atoms with van der Waals surface area (Å²) in [6.45, 7) is 2.67. The van der Waals surface area contributed by atoms with Gasteiger partial charge in [-0.15, -0.1) is 0 Å². The molecule has 0 unspecified atom stereocenters. The van der Waals surface area contributed by atoms with Gasteiger partial charge in [0.1, 0.15) is 6.61 Å². The molecular formula is C37H40N6O5. The van der Waals surface area contributed by atoms with E-state index < -0.39 is 23.2 Å². The van der Waals surface area contributed by atoms with Gasteiger partial charge in [0, 0.05) is 47.7 Å². The standard InChI is InChI=1S/C37H40N6O5/c38-13-14-39-34(42-35(45)47-20-22-4-2-1-3-5-22)40-24-9-10-27-25(17-24)26-18-37(46)29-16-23-8-11-28(44)32-30(23)36(37,33(48-32)31(26)41-27)12-15-43(29)19-21-6-7-21/h1-5,8-11,17,21,29,33,41,44,46H,6-7,12-16,18-20,38H2,(H2,39,40,42,45)/t29-,33-,36-,37+/m0/s1. The van der Waals surface area contributed by atoms with Gasteiger partial charge in [-0.25, -0.2) is 4.79 Å². The predicted molar refractivity (Wildman–Crippen MR) is 181 cm³/mol. The molecule has 11 nitrogen and oxygen atoms in total. The first-order chi connectivity index (χ1) is 23.4. The van der Waals surface area contributed by atoms with Crippen LogP contribution in [0.25, 0.3) is 10.9 Å². The highest BCUT2D eigenvalue weighted by molar-refractivity contribution is 6.03. The zero-order chi connectivity index (χ0) is 32.6. The van der Waals surface area contributed by atoms with Crippen molar-refractivity contribution >= 4 is 28.6 Å². The number of aromatic hydroxyl groups is 1. The van der Waals surface area contributed by atoms with Gasteiger partial charge in [-0.05, 0) is 79.1 Å². The number of aliphatic imine (C=N–C) groups is 1. The summed E-state index contributed by atoms with van der Waals surface area (Å²) in [4.78, 5) is 23.4. The lowest BCUT2D eigenvalue weighted by Gasteiger charge is -2.62. The molecule has 2 bridgehead atoms. The number of benzene rings is 3. The van der Waals surface area contributed by atoms with Crippen LogP contribution in [0.1, 0.15) is 53.3 Å². The second-order valence-corrected chi connectivity index (χ2v) is 14.0. The summed E-state index contributed by atoms with van der Waals surface area (Å²) in [6.07, 6.45) is 3.37. The number of anilines is 1. The van der Waals surface area contributed by atoms with Crippen molar-refractivity contribution in [2.24, 2.45) is 16.6 Å². The van der Waals surface area contributed by atoms with Crippen LogP contribution >= 0.6 is 0 Å². The fraction of sp³-hybridized carbons (Fsp3) is 0.405. The lowest BCUT2D eigenvalue weighted by molar-refractivity contribution is -0.173. The van der Waals surface area contributed by atoms with Crippen LogP contribution in [0.4, 0.5) is 10.5 Å². The van der Waals surface area contributed by atoms with Crippen LogP contribution in [0, 0.1) is 5.92 Å². The molecule has 1 saturated carbocycles. The molecule has 1 spiro atoms. The van der Waals surface area contributed by atoms with E-state index in [1.807, 2.05) is 54.6 Å². The number of H-pyrrole nitrogens is 1. The van der Waals surface area contributed by atoms with Crippen LogP contribution in [0.15, 0.2) is 65.7 Å². The minimum Gasteiger partial charge on any atom is -0.504 e. The number of aromatic nitrogens is 1. The number of carbonyl (C=O) groups excluding carboxylic acids is 1. The number of piperidine rings is 1. The number of phenols is 1. The monoisotopic (exact) mass is 648 g/mol. The lowest BCUT2D eigenvalue weighted by atomic mass is 9.49. The van der Waals surface area contributed by atoms with Crippen molar-refractivity contribution in [3.63, 3.8) is 0 Å². The SMILES string of the molecule is NCCN=C(NC(=O)OCc1ccccc1)Nc1ccc2[nH]c3c(c2c1)C[C@@]1(O)[C@@H]2Cc4ccc(O)c5c4[C@@]1(CCN2CC1CC1)[C@H]3O5. The number of fused-ring (bicyclic) bond motifs is 4. The Labute approximate surface area is 278 Å². The molecule has 3 aromatic carbocycles. The Balaban J connectivity index is 1.06. The molecule has 4 atom stereocenters. The van der Waals surface area contributed by atoms with Gasteiger partial charge in [0.2, 0.25) is 5.96 Å². The molecule has 7 N–H and O–H groups in total. The first-order valence-electron chi connectivity index (χ1n) is 17.0. The number of hydrogen-bond donors (Lipinski definition) is 6. The number of alkyl carbamates (subject to hydrolysis) is 1. The van der Waals surface area contributed by atoms with Gasteiger partial charge >= 0.3 is 6.09 Å². The van der Waals surface area contributed by atoms with E-state index in [2.05, 4.69) is 25.5 Å². The Morgan fingerprint density at radius 1 is 1.17 bits per heavy atom. The number of rotatable bonds is 7. The van der Waals surface area contributed by atoms with Gasteiger partial charge < -0.3 is 35.7 Å². The van der Waals surface area contributed by atoms with Crippen molar-refractivity contribution in [1.29, 1.82) is 0 Å². The summed E-state index contributed by atoms with van der Waals surface area (Å²) in [5.74, 6) is 1.58. The van der Waals surface area contributed by atoms with Crippen LogP contribution in [-0.2, 0) is 29.6 Å². The Bertz CT molecular complexity index is 1960. The predicted octanol–water partition coefficient (Wildman–Crippen LogP) is 4.23. The van der Waals surface area contributed by atoms with Crippen LogP contribution in [-0.4, -0.2) is 70.0 Å². The van der Waals surface area contributed by atoms with E-state index >= 15 is 0 Å². The quantitative estimate of drug-likeness (QED) is 0.128. The molecule has 1 aromatic heterocycles. The van der Waals surface area contributed by atoms with Gasteiger partial charge in [-0.2, -0.15) is 0 Å². The zero-order valence-corrected chi connectivity index (χ0v) is 26.7. The summed E-state index contributed by atoms with van der Waals surface area (Å²) in [7, 11) is 0. The molecule has 1 saturated heterocycles. The topological polar surface area (TPSA) is 157 Å². The maximum atomic E-state index is 13.1. The molecule has 5 aliphatic rings. The van der Waals surface area contributed by atoms with Gasteiger partial charge in [0.15, 0.2) is 17.6 Å². The van der Waals surface area contributed by atoms with Gasteiger partial charge in [0.25, 0.3) is 0 Å². The van der Waals surface area contributed by atoms with Crippen molar-refractivity contribution in [3.05, 3.63) is 88.6 Å². The van der Waals surface area contributed by atoms with E-state index in [1.165, 1.54) is 18.4 Å². The molecule has 48 heavy (non-hydrogen) atoms. The number of ether oxygens (including phenoxy) is 2. The van der Waals surface area contributed by atoms with E-state index in [-0.39, 0.29) is 24.4 Å². The number of phenolic OH excluding ortho intramolecular Hbond substituents is 1. The number of nitrogens with two attached hydrogens (primary N) is 1. The highest BCUT2D eigenvalue weighted by Crippen LogP contribution is 2.69. The maximum Gasteiger partial charge on any atom is 0.414 e. The average molecular weight is 649 g/mol. The molecule has 3 aliphatic carbocycles. The maximum absolute atomic E-state index is 13.1. The largest absolute Gasteiger partial charge is 0.504 e. The summed E-state index contributed by atoms with van der Waals surface area (Å²) in [5, 5.41) is 31.1. The number of nitrogens with one attached hydrogen (secondary N) is 3. The highest BCUT2D eigenvalue weighted by Gasteiger charge is 2.72. The van der Waals surface area contributed by atoms with E-state index in [4.69, 9.17) is 15.2 Å². The average Bonchev–Trinajstić information content (AvgIpc) is 3.74. The van der Waals surface area contributed by atoms with Crippen LogP contribution in [0.5, 0.6) is 11.5 Å². The number of carbonyl (C=O) groups is 1. The van der Waals surface area contributed by atoms with E-state index in [9.17, 15) is 15.0 Å². The molecular weight excluding hydrogens is 608 g/mol. The Morgan fingerprint density at radius 2 is 2.02 bits per heavy atom. The summed E-state index contributed by atoms with van der Waals surface area (Å²) >= 11 is 0. The van der Waals surface area contributed by atoms with Crippen molar-refractivity contribution in [3.8, 4) is 11.5 Å². The third-order valence-electron chi connectivity index (χ3n) is 11.3. The molecule has 1 amide bonds. The lowest BCUT2D eigenvalue weighted by Crippen LogP contribution is -2.74. The fourth-order valence-electron chi connectivity index (χ4n) is 8.98. The van der Waals surface area contributed by atoms with Crippen LogP contribution in [0.2, 0.25) is 0 Å². The number of aromatic amines is 1. The van der Waals surface area contributed by atoms with Crippen LogP contribution < -0.4 is 21.1 Å². The van der Waals surface area contributed by atoms with E-state index in [0.29, 0.717) is 36.9 Å². The molecule has 0 radical (unpaired) electrons. The Hall–Kier alpha value is -4.58. The van der Waals surface area contributed by atoms with Crippen molar-refractivity contribution in [2.75, 3.05) is 31.5 Å². The minimum absolute atomic E-state index is 0.0542.